The molecule has 4 rings (SSSR count). The van der Waals surface area contributed by atoms with E-state index < -0.39 is 0 Å². The molecule has 0 spiro atoms. The van der Waals surface area contributed by atoms with Crippen LogP contribution in [0.25, 0.3) is 0 Å². The van der Waals surface area contributed by atoms with E-state index in [0.29, 0.717) is 12.2 Å². The summed E-state index contributed by atoms with van der Waals surface area (Å²) in [4.78, 5) is 19.3. The monoisotopic (exact) mass is 353 g/mol. The van der Waals surface area contributed by atoms with E-state index in [2.05, 4.69) is 10.3 Å². The Labute approximate surface area is 153 Å². The molecule has 26 heavy (non-hydrogen) atoms. The van der Waals surface area contributed by atoms with Gasteiger partial charge in [0.1, 0.15) is 11.5 Å². The molecule has 3 atom stereocenters. The Hall–Kier alpha value is -2.27. The van der Waals surface area contributed by atoms with Gasteiger partial charge in [-0.15, -0.1) is 0 Å². The number of carbonyl (C=O) groups is 1. The van der Waals surface area contributed by atoms with Crippen LogP contribution in [0.4, 0.5) is 4.39 Å². The van der Waals surface area contributed by atoms with Gasteiger partial charge < -0.3 is 10.2 Å². The van der Waals surface area contributed by atoms with Crippen LogP contribution in [0.2, 0.25) is 0 Å². The second-order valence-corrected chi connectivity index (χ2v) is 7.23. The van der Waals surface area contributed by atoms with Crippen LogP contribution in [0, 0.1) is 5.82 Å². The summed E-state index contributed by atoms with van der Waals surface area (Å²) in [5, 5.41) is 3.65. The molecule has 0 unspecified atom stereocenters. The lowest BCUT2D eigenvalue weighted by molar-refractivity contribution is 0.0707. The van der Waals surface area contributed by atoms with Crippen LogP contribution in [0.5, 0.6) is 0 Å². The van der Waals surface area contributed by atoms with E-state index in [-0.39, 0.29) is 29.7 Å². The fourth-order valence-corrected chi connectivity index (χ4v) is 4.38. The highest BCUT2D eigenvalue weighted by molar-refractivity contribution is 5.92. The number of nitrogens with one attached hydrogen (secondary N) is 1. The van der Waals surface area contributed by atoms with E-state index >= 15 is 0 Å². The standard InChI is InChI=1S/C21H24FN3O/c22-16-8-6-7-15(13-16)17-14-25(21(26)18-9-3-5-11-23-18)19-10-2-1-4-12-24-20(17)19/h3,5-9,11,13,17,19-20,24H,1-2,4,10,12,14H2/t17-,19+,20-/m0/s1. The highest BCUT2D eigenvalue weighted by Crippen LogP contribution is 2.36. The number of carbonyl (C=O) groups excluding carboxylic acids is 1. The van der Waals surface area contributed by atoms with Gasteiger partial charge in [-0.05, 0) is 49.2 Å². The molecular formula is C21H24FN3O. The van der Waals surface area contributed by atoms with E-state index in [0.717, 1.165) is 31.4 Å². The zero-order valence-corrected chi connectivity index (χ0v) is 14.8. The summed E-state index contributed by atoms with van der Waals surface area (Å²) in [5.41, 5.74) is 1.44. The van der Waals surface area contributed by atoms with E-state index in [1.807, 2.05) is 23.1 Å². The maximum Gasteiger partial charge on any atom is 0.272 e. The minimum absolute atomic E-state index is 0.0260. The van der Waals surface area contributed by atoms with Crippen LogP contribution in [0.15, 0.2) is 48.7 Å². The van der Waals surface area contributed by atoms with Crippen molar-refractivity contribution < 1.29 is 9.18 Å². The molecule has 5 heteroatoms. The van der Waals surface area contributed by atoms with Gasteiger partial charge in [-0.1, -0.05) is 31.0 Å². The Bertz CT molecular complexity index is 767. The predicted octanol–water partition coefficient (Wildman–Crippen LogP) is 3.36. The van der Waals surface area contributed by atoms with E-state index in [1.165, 1.54) is 12.5 Å². The van der Waals surface area contributed by atoms with Gasteiger partial charge in [-0.3, -0.25) is 9.78 Å². The van der Waals surface area contributed by atoms with Gasteiger partial charge in [-0.2, -0.15) is 0 Å². The van der Waals surface area contributed by atoms with Gasteiger partial charge in [0.25, 0.3) is 5.91 Å². The van der Waals surface area contributed by atoms with Gasteiger partial charge in [0.2, 0.25) is 0 Å². The summed E-state index contributed by atoms with van der Waals surface area (Å²) in [6, 6.07) is 12.5. The van der Waals surface area contributed by atoms with Crippen LogP contribution in [-0.2, 0) is 0 Å². The number of halogens is 1. The van der Waals surface area contributed by atoms with Crippen molar-refractivity contribution in [2.75, 3.05) is 13.1 Å². The minimum Gasteiger partial charge on any atom is -0.332 e. The first-order chi connectivity index (χ1) is 12.7. The third kappa shape index (κ3) is 3.36. The van der Waals surface area contributed by atoms with Crippen molar-refractivity contribution in [1.82, 2.24) is 15.2 Å². The first-order valence-corrected chi connectivity index (χ1v) is 9.45. The number of amides is 1. The topological polar surface area (TPSA) is 45.2 Å². The molecule has 0 bridgehead atoms. The summed E-state index contributed by atoms with van der Waals surface area (Å²) in [7, 11) is 0. The third-order valence-corrected chi connectivity index (χ3v) is 5.62. The molecule has 0 saturated carbocycles. The van der Waals surface area contributed by atoms with Crippen molar-refractivity contribution >= 4 is 5.91 Å². The van der Waals surface area contributed by atoms with Crippen molar-refractivity contribution in [2.45, 2.75) is 43.7 Å². The lowest BCUT2D eigenvalue weighted by atomic mass is 9.88. The van der Waals surface area contributed by atoms with Crippen molar-refractivity contribution in [2.24, 2.45) is 0 Å². The quantitative estimate of drug-likeness (QED) is 0.900. The van der Waals surface area contributed by atoms with Gasteiger partial charge in [-0.25, -0.2) is 4.39 Å². The molecule has 2 fully saturated rings. The molecule has 2 saturated heterocycles. The fraction of sp³-hybridized carbons (Fsp3) is 0.429. The Morgan fingerprint density at radius 1 is 1.15 bits per heavy atom. The molecule has 0 aliphatic carbocycles. The number of aromatic nitrogens is 1. The molecule has 1 aromatic carbocycles. The van der Waals surface area contributed by atoms with E-state index in [9.17, 15) is 9.18 Å². The highest BCUT2D eigenvalue weighted by atomic mass is 19.1. The number of hydrogen-bond donors (Lipinski definition) is 1. The molecule has 0 radical (unpaired) electrons. The molecular weight excluding hydrogens is 329 g/mol. The summed E-state index contributed by atoms with van der Waals surface area (Å²) >= 11 is 0. The van der Waals surface area contributed by atoms with Crippen LogP contribution in [0.1, 0.15) is 47.7 Å². The minimum atomic E-state index is -0.223. The highest BCUT2D eigenvalue weighted by Gasteiger charge is 2.44. The Morgan fingerprint density at radius 2 is 2.08 bits per heavy atom. The average Bonchev–Trinajstić information content (AvgIpc) is 2.99. The van der Waals surface area contributed by atoms with Gasteiger partial charge >= 0.3 is 0 Å². The van der Waals surface area contributed by atoms with Gasteiger partial charge in [0.15, 0.2) is 0 Å². The number of rotatable bonds is 2. The van der Waals surface area contributed by atoms with Crippen molar-refractivity contribution in [3.8, 4) is 0 Å². The number of nitrogens with zero attached hydrogens (tertiary/aromatic N) is 2. The Morgan fingerprint density at radius 3 is 2.88 bits per heavy atom. The van der Waals surface area contributed by atoms with Gasteiger partial charge in [0, 0.05) is 30.7 Å². The smallest absolute Gasteiger partial charge is 0.272 e. The van der Waals surface area contributed by atoms with Crippen LogP contribution in [-0.4, -0.2) is 41.0 Å². The summed E-state index contributed by atoms with van der Waals surface area (Å²) in [6.45, 7) is 1.54. The van der Waals surface area contributed by atoms with E-state index in [4.69, 9.17) is 0 Å². The second-order valence-electron chi connectivity index (χ2n) is 7.23. The average molecular weight is 353 g/mol. The normalized spacial score (nSPS) is 26.0. The van der Waals surface area contributed by atoms with Crippen LogP contribution < -0.4 is 5.32 Å². The van der Waals surface area contributed by atoms with Crippen molar-refractivity contribution in [3.05, 3.63) is 65.7 Å². The maximum atomic E-state index is 13.8. The maximum absolute atomic E-state index is 13.8. The third-order valence-electron chi connectivity index (χ3n) is 5.62. The summed E-state index contributed by atoms with van der Waals surface area (Å²) in [5.74, 6) is -0.150. The molecule has 1 aromatic heterocycles. The molecule has 2 aromatic rings. The van der Waals surface area contributed by atoms with Crippen molar-refractivity contribution in [3.63, 3.8) is 0 Å². The SMILES string of the molecule is O=C(c1ccccn1)N1C[C@@H](c2cccc(F)c2)[C@@H]2NCCCCC[C@H]21. The van der Waals surface area contributed by atoms with Crippen molar-refractivity contribution in [1.29, 1.82) is 0 Å². The fourth-order valence-electron chi connectivity index (χ4n) is 4.38. The molecule has 1 amide bonds. The number of hydrogen-bond acceptors (Lipinski definition) is 3. The number of pyridine rings is 1. The number of benzene rings is 1. The Balaban J connectivity index is 1.67. The number of likely N-dealkylation sites (tertiary alicyclic amines) is 1. The Kier molecular flexibility index (Phi) is 4.98. The predicted molar refractivity (Wildman–Crippen MR) is 98.5 cm³/mol. The lowest BCUT2D eigenvalue weighted by Gasteiger charge is -2.31. The summed E-state index contributed by atoms with van der Waals surface area (Å²) < 4.78 is 13.8. The van der Waals surface area contributed by atoms with E-state index in [1.54, 1.807) is 24.4 Å². The molecule has 2 aliphatic rings. The largest absolute Gasteiger partial charge is 0.332 e. The second kappa shape index (κ2) is 7.54. The number of fused-ring (bicyclic) bond motifs is 1. The zero-order chi connectivity index (χ0) is 17.9. The first kappa shape index (κ1) is 17.2. The molecule has 4 nitrogen and oxygen atoms in total. The first-order valence-electron chi connectivity index (χ1n) is 9.45. The lowest BCUT2D eigenvalue weighted by Crippen LogP contribution is -2.47. The molecule has 3 heterocycles. The molecule has 2 aliphatic heterocycles. The van der Waals surface area contributed by atoms with Crippen LogP contribution in [0.3, 0.4) is 0 Å². The molecule has 136 valence electrons. The summed E-state index contributed by atoms with van der Waals surface area (Å²) in [6.07, 6.45) is 6.06. The zero-order valence-electron chi connectivity index (χ0n) is 14.8. The van der Waals surface area contributed by atoms with Crippen LogP contribution >= 0.6 is 0 Å². The molecule has 1 N–H and O–H groups in total. The van der Waals surface area contributed by atoms with Gasteiger partial charge in [0.05, 0.1) is 0 Å².